The highest BCUT2D eigenvalue weighted by Crippen LogP contribution is 2.29. The number of hydrogen-bond donors (Lipinski definition) is 2. The first kappa shape index (κ1) is 24.5. The van der Waals surface area contributed by atoms with Crippen LogP contribution in [0.1, 0.15) is 43.5 Å². The largest absolute Gasteiger partial charge is 0.441 e. The molecule has 168 valence electrons. The van der Waals surface area contributed by atoms with Crippen molar-refractivity contribution in [3.8, 4) is 17.5 Å². The molecule has 0 aliphatic rings. The number of benzene rings is 1. The second-order valence-electron chi connectivity index (χ2n) is 6.81. The highest BCUT2D eigenvalue weighted by atomic mass is 19.4. The van der Waals surface area contributed by atoms with E-state index < -0.39 is 29.8 Å². The van der Waals surface area contributed by atoms with Gasteiger partial charge in [-0.3, -0.25) is 15.6 Å². The van der Waals surface area contributed by atoms with E-state index in [1.54, 1.807) is 25.1 Å². The van der Waals surface area contributed by atoms with Gasteiger partial charge in [0.05, 0.1) is 0 Å². The number of carbonyl (C=O) groups is 1. The summed E-state index contributed by atoms with van der Waals surface area (Å²) in [5, 5.41) is 21.2. The summed E-state index contributed by atoms with van der Waals surface area (Å²) in [6.45, 7) is 5.05. The first-order chi connectivity index (χ1) is 15.0. The van der Waals surface area contributed by atoms with Gasteiger partial charge in [0, 0.05) is 23.7 Å². The molecule has 2 aromatic rings. The average Bonchev–Trinajstić information content (AvgIpc) is 2.73. The Kier molecular flexibility index (Phi) is 8.01. The summed E-state index contributed by atoms with van der Waals surface area (Å²) in [6.07, 6.45) is -3.60. The second-order valence-corrected chi connectivity index (χ2v) is 6.81. The van der Waals surface area contributed by atoms with Gasteiger partial charge < -0.3 is 4.74 Å². The van der Waals surface area contributed by atoms with Gasteiger partial charge in [-0.25, -0.2) is 9.97 Å². The highest BCUT2D eigenvalue weighted by molar-refractivity contribution is 6.52. The summed E-state index contributed by atoms with van der Waals surface area (Å²) in [5.41, 5.74) is 2.07. The third-order valence-corrected chi connectivity index (χ3v) is 4.02. The molecular weight excluding hydrogens is 425 g/mol. The van der Waals surface area contributed by atoms with Crippen LogP contribution in [0.15, 0.2) is 35.6 Å². The van der Waals surface area contributed by atoms with Gasteiger partial charge in [-0.1, -0.05) is 6.92 Å². The van der Waals surface area contributed by atoms with Crippen molar-refractivity contribution in [3.05, 3.63) is 47.3 Å². The van der Waals surface area contributed by atoms with E-state index in [1.807, 2.05) is 6.92 Å². The van der Waals surface area contributed by atoms with Gasteiger partial charge in [-0.05, 0) is 50.1 Å². The monoisotopic (exact) mass is 446 g/mol. The number of rotatable bonds is 8. The van der Waals surface area contributed by atoms with Crippen LogP contribution in [0.4, 0.5) is 13.2 Å². The number of nitrogens with one attached hydrogen (secondary N) is 2. The van der Waals surface area contributed by atoms with Crippen molar-refractivity contribution in [2.75, 3.05) is 0 Å². The van der Waals surface area contributed by atoms with Gasteiger partial charge in [0.1, 0.15) is 17.5 Å². The average molecular weight is 446 g/mol. The van der Waals surface area contributed by atoms with Crippen LogP contribution in [-0.4, -0.2) is 33.6 Å². The SMILES string of the molecule is CCCC(=O)OC(C)N/N=C(\C(=N)C#N)c1cc(C)cc(-c2nccc(C(F)(F)F)n2)c1. The number of esters is 1. The first-order valence-corrected chi connectivity index (χ1v) is 9.59. The van der Waals surface area contributed by atoms with Crippen LogP contribution in [0.25, 0.3) is 11.4 Å². The third-order valence-electron chi connectivity index (χ3n) is 4.02. The number of aryl methyl sites for hydroxylation is 1. The van der Waals surface area contributed by atoms with Crippen LogP contribution >= 0.6 is 0 Å². The maximum atomic E-state index is 13.0. The van der Waals surface area contributed by atoms with Crippen molar-refractivity contribution in [3.63, 3.8) is 0 Å². The maximum Gasteiger partial charge on any atom is 0.433 e. The van der Waals surface area contributed by atoms with Crippen LogP contribution in [0.2, 0.25) is 0 Å². The van der Waals surface area contributed by atoms with Crippen LogP contribution in [0, 0.1) is 23.7 Å². The number of ether oxygens (including phenoxy) is 1. The van der Waals surface area contributed by atoms with Crippen molar-refractivity contribution in [2.45, 2.75) is 46.0 Å². The molecular formula is C21H21F3N6O2. The Labute approximate surface area is 182 Å². The molecule has 11 heteroatoms. The zero-order chi connectivity index (χ0) is 23.9. The molecule has 1 unspecified atom stereocenters. The minimum atomic E-state index is -4.63. The Bertz CT molecular complexity index is 1080. The Hall–Kier alpha value is -3.81. The van der Waals surface area contributed by atoms with Gasteiger partial charge in [0.25, 0.3) is 0 Å². The van der Waals surface area contributed by atoms with Gasteiger partial charge in [-0.15, -0.1) is 0 Å². The zero-order valence-electron chi connectivity index (χ0n) is 17.6. The molecule has 1 aromatic carbocycles. The van der Waals surface area contributed by atoms with Crippen LogP contribution in [-0.2, 0) is 15.7 Å². The number of hydrogen-bond acceptors (Lipinski definition) is 8. The van der Waals surface area contributed by atoms with E-state index in [4.69, 9.17) is 10.1 Å². The standard InChI is InChI=1S/C21H21F3N6O2/c1-4-5-18(31)32-13(3)29-30-19(16(26)11-25)14-8-12(2)9-15(10-14)20-27-7-6-17(28-20)21(22,23)24/h6-10,13,26,29H,4-5H2,1-3H3/b26-16?,30-19-. The molecule has 1 aromatic heterocycles. The van der Waals surface area contributed by atoms with Crippen molar-refractivity contribution < 1.29 is 22.7 Å². The lowest BCUT2D eigenvalue weighted by Crippen LogP contribution is -2.29. The number of nitriles is 1. The lowest BCUT2D eigenvalue weighted by Gasteiger charge is -2.14. The van der Waals surface area contributed by atoms with E-state index in [0.29, 0.717) is 12.0 Å². The number of halogens is 3. The van der Waals surface area contributed by atoms with E-state index in [9.17, 15) is 23.2 Å². The summed E-state index contributed by atoms with van der Waals surface area (Å²) < 4.78 is 44.2. The van der Waals surface area contributed by atoms with Gasteiger partial charge in [0.15, 0.2) is 17.8 Å². The lowest BCUT2D eigenvalue weighted by molar-refractivity contribution is -0.149. The minimum Gasteiger partial charge on any atom is -0.441 e. The Balaban J connectivity index is 2.42. The smallest absolute Gasteiger partial charge is 0.433 e. The molecule has 2 N–H and O–H groups in total. The molecule has 8 nitrogen and oxygen atoms in total. The summed E-state index contributed by atoms with van der Waals surface area (Å²) in [5.74, 6) is -0.596. The van der Waals surface area contributed by atoms with Crippen LogP contribution in [0.5, 0.6) is 0 Å². The molecule has 0 saturated heterocycles. The lowest BCUT2D eigenvalue weighted by atomic mass is 10.00. The third kappa shape index (κ3) is 6.60. The van der Waals surface area contributed by atoms with Crippen molar-refractivity contribution in [2.24, 2.45) is 5.10 Å². The van der Waals surface area contributed by atoms with E-state index in [2.05, 4.69) is 20.5 Å². The number of carbonyl (C=O) groups excluding carboxylic acids is 1. The molecule has 1 heterocycles. The summed E-state index contributed by atoms with van der Waals surface area (Å²) >= 11 is 0. The Morgan fingerprint density at radius 2 is 2.09 bits per heavy atom. The molecule has 0 radical (unpaired) electrons. The fraction of sp³-hybridized carbons (Fsp3) is 0.333. The van der Waals surface area contributed by atoms with E-state index in [1.165, 1.54) is 13.0 Å². The van der Waals surface area contributed by atoms with Gasteiger partial charge in [0.2, 0.25) is 0 Å². The zero-order valence-corrected chi connectivity index (χ0v) is 17.6. The fourth-order valence-corrected chi connectivity index (χ4v) is 2.66. The molecule has 0 amide bonds. The van der Waals surface area contributed by atoms with E-state index in [0.717, 1.165) is 12.3 Å². The van der Waals surface area contributed by atoms with Crippen molar-refractivity contribution in [1.29, 1.82) is 10.7 Å². The Morgan fingerprint density at radius 1 is 1.38 bits per heavy atom. The predicted octanol–water partition coefficient (Wildman–Crippen LogP) is 4.00. The summed E-state index contributed by atoms with van der Waals surface area (Å²) in [4.78, 5) is 19.1. The molecule has 32 heavy (non-hydrogen) atoms. The van der Waals surface area contributed by atoms with E-state index in [-0.39, 0.29) is 29.1 Å². The van der Waals surface area contributed by atoms with Gasteiger partial charge in [-0.2, -0.15) is 23.5 Å². The normalized spacial score (nSPS) is 12.6. The topological polar surface area (TPSA) is 124 Å². The van der Waals surface area contributed by atoms with Crippen LogP contribution < -0.4 is 5.43 Å². The van der Waals surface area contributed by atoms with Crippen LogP contribution in [0.3, 0.4) is 0 Å². The molecule has 0 aliphatic heterocycles. The molecule has 1 atom stereocenters. The van der Waals surface area contributed by atoms with E-state index >= 15 is 0 Å². The fourth-order valence-electron chi connectivity index (χ4n) is 2.66. The number of alkyl halides is 3. The molecule has 0 saturated carbocycles. The second kappa shape index (κ2) is 10.5. The molecule has 0 spiro atoms. The molecule has 0 fully saturated rings. The molecule has 0 aliphatic carbocycles. The Morgan fingerprint density at radius 3 is 2.72 bits per heavy atom. The highest BCUT2D eigenvalue weighted by Gasteiger charge is 2.32. The van der Waals surface area contributed by atoms with Crippen molar-refractivity contribution in [1.82, 2.24) is 15.4 Å². The molecule has 0 bridgehead atoms. The minimum absolute atomic E-state index is 0.0807. The number of hydrazone groups is 1. The maximum absolute atomic E-state index is 13.0. The van der Waals surface area contributed by atoms with Gasteiger partial charge >= 0.3 is 12.1 Å². The summed E-state index contributed by atoms with van der Waals surface area (Å²) in [6, 6.07) is 7.07. The quantitative estimate of drug-likeness (QED) is 0.273. The number of aromatic nitrogens is 2. The number of nitrogens with zero attached hydrogens (tertiary/aromatic N) is 4. The molecule has 2 rings (SSSR count). The predicted molar refractivity (Wildman–Crippen MR) is 111 cm³/mol. The first-order valence-electron chi connectivity index (χ1n) is 9.59. The summed E-state index contributed by atoms with van der Waals surface area (Å²) in [7, 11) is 0. The van der Waals surface area contributed by atoms with Crippen molar-refractivity contribution >= 4 is 17.4 Å².